The number of hydrogen-bond acceptors (Lipinski definition) is 6. The van der Waals surface area contributed by atoms with Crippen LogP contribution in [0.4, 0.5) is 5.69 Å². The van der Waals surface area contributed by atoms with E-state index < -0.39 is 0 Å². The fourth-order valence-electron chi connectivity index (χ4n) is 4.18. The van der Waals surface area contributed by atoms with Crippen LogP contribution in [0.1, 0.15) is 37.1 Å². The summed E-state index contributed by atoms with van der Waals surface area (Å²) in [5.41, 5.74) is 2.89. The van der Waals surface area contributed by atoms with E-state index >= 15 is 0 Å². The summed E-state index contributed by atoms with van der Waals surface area (Å²) in [6.45, 7) is 3.01. The Balaban J connectivity index is 1.32. The molecule has 33 heavy (non-hydrogen) atoms. The predicted octanol–water partition coefficient (Wildman–Crippen LogP) is 3.11. The maximum absolute atomic E-state index is 12.7. The largest absolute Gasteiger partial charge is 0.326 e. The van der Waals surface area contributed by atoms with Crippen LogP contribution in [-0.2, 0) is 24.3 Å². The Morgan fingerprint density at radius 3 is 2.85 bits per heavy atom. The minimum absolute atomic E-state index is 0.108. The van der Waals surface area contributed by atoms with Crippen molar-refractivity contribution in [3.05, 3.63) is 64.2 Å². The van der Waals surface area contributed by atoms with Crippen LogP contribution in [0.2, 0.25) is 0 Å². The molecule has 0 saturated carbocycles. The molecule has 2 aromatic heterocycles. The maximum Gasteiger partial charge on any atom is 0.277 e. The number of fused-ring (bicyclic) bond motifs is 2. The van der Waals surface area contributed by atoms with Gasteiger partial charge >= 0.3 is 0 Å². The molecule has 2 aromatic carbocycles. The molecule has 3 heterocycles. The summed E-state index contributed by atoms with van der Waals surface area (Å²) >= 11 is 0. The maximum atomic E-state index is 12.7. The molecular formula is C24H25N7O2. The van der Waals surface area contributed by atoms with Crippen molar-refractivity contribution in [2.24, 2.45) is 0 Å². The van der Waals surface area contributed by atoms with Crippen molar-refractivity contribution >= 4 is 22.5 Å². The molecule has 1 aliphatic rings. The number of rotatable bonds is 5. The molecule has 5 rings (SSSR count). The molecule has 0 aliphatic carbocycles. The van der Waals surface area contributed by atoms with Gasteiger partial charge in [-0.25, -0.2) is 4.68 Å². The molecule has 0 atom stereocenters. The number of hydrogen-bond donors (Lipinski definition) is 1. The van der Waals surface area contributed by atoms with Crippen LogP contribution in [0.15, 0.2) is 47.3 Å². The van der Waals surface area contributed by atoms with Gasteiger partial charge in [0, 0.05) is 30.6 Å². The molecular weight excluding hydrogens is 418 g/mol. The quantitative estimate of drug-likeness (QED) is 0.508. The Morgan fingerprint density at radius 2 is 1.94 bits per heavy atom. The topological polar surface area (TPSA) is 108 Å². The molecule has 4 aromatic rings. The van der Waals surface area contributed by atoms with E-state index in [0.717, 1.165) is 54.3 Å². The van der Waals surface area contributed by atoms with E-state index in [2.05, 4.69) is 30.4 Å². The molecule has 0 spiro atoms. The van der Waals surface area contributed by atoms with Crippen LogP contribution in [0.25, 0.3) is 22.3 Å². The number of carbonyl (C=O) groups excluding carboxylic acids is 1. The lowest BCUT2D eigenvalue weighted by Crippen LogP contribution is -2.26. The molecule has 0 fully saturated rings. The highest BCUT2D eigenvalue weighted by molar-refractivity contribution is 5.92. The molecule has 1 amide bonds. The van der Waals surface area contributed by atoms with Crippen LogP contribution < -0.4 is 10.9 Å². The summed E-state index contributed by atoms with van der Waals surface area (Å²) in [5.74, 6) is 1.66. The standard InChI is InChI=1S/C24H25N7O2/c1-16-10-11-17(23-28-27-21-9-3-2-6-13-30(21)23)15-20(16)25-22(32)12-14-31-24(33)18-7-4-5-8-19(18)26-29-31/h4-5,7-8,10-11,15H,2-3,6,9,12-14H2,1H3,(H,25,32). The van der Waals surface area contributed by atoms with Gasteiger partial charge in [-0.3, -0.25) is 9.59 Å². The van der Waals surface area contributed by atoms with E-state index in [0.29, 0.717) is 10.9 Å². The Labute approximate surface area is 190 Å². The highest BCUT2D eigenvalue weighted by Gasteiger charge is 2.17. The van der Waals surface area contributed by atoms with Crippen molar-refractivity contribution in [2.75, 3.05) is 5.32 Å². The second kappa shape index (κ2) is 8.93. The molecule has 0 radical (unpaired) electrons. The molecule has 9 heteroatoms. The van der Waals surface area contributed by atoms with Crippen molar-refractivity contribution in [3.8, 4) is 11.4 Å². The Morgan fingerprint density at radius 1 is 1.06 bits per heavy atom. The first kappa shape index (κ1) is 21.0. The minimum atomic E-state index is -0.251. The molecule has 0 unspecified atom stereocenters. The lowest BCUT2D eigenvalue weighted by Gasteiger charge is -2.12. The van der Waals surface area contributed by atoms with Crippen LogP contribution in [0, 0.1) is 6.92 Å². The van der Waals surface area contributed by atoms with E-state index in [1.165, 1.54) is 11.1 Å². The number of anilines is 1. The molecule has 1 N–H and O–H groups in total. The normalized spacial score (nSPS) is 13.5. The second-order valence-electron chi connectivity index (χ2n) is 8.36. The van der Waals surface area contributed by atoms with Gasteiger partial charge in [-0.1, -0.05) is 35.9 Å². The van der Waals surface area contributed by atoms with Crippen LogP contribution in [0.5, 0.6) is 0 Å². The van der Waals surface area contributed by atoms with E-state index in [-0.39, 0.29) is 24.4 Å². The van der Waals surface area contributed by atoms with E-state index in [9.17, 15) is 9.59 Å². The molecule has 0 saturated heterocycles. The second-order valence-corrected chi connectivity index (χ2v) is 8.36. The van der Waals surface area contributed by atoms with E-state index in [1.54, 1.807) is 18.2 Å². The van der Waals surface area contributed by atoms with E-state index in [4.69, 9.17) is 0 Å². The third-order valence-corrected chi connectivity index (χ3v) is 6.06. The number of carbonyl (C=O) groups is 1. The van der Waals surface area contributed by atoms with Crippen molar-refractivity contribution in [3.63, 3.8) is 0 Å². The highest BCUT2D eigenvalue weighted by Crippen LogP contribution is 2.27. The molecule has 0 bridgehead atoms. The smallest absolute Gasteiger partial charge is 0.277 e. The number of aryl methyl sites for hydroxylation is 3. The lowest BCUT2D eigenvalue weighted by molar-refractivity contribution is -0.116. The number of aromatic nitrogens is 6. The third-order valence-electron chi connectivity index (χ3n) is 6.06. The van der Waals surface area contributed by atoms with Crippen LogP contribution >= 0.6 is 0 Å². The fraction of sp³-hybridized carbons (Fsp3) is 0.333. The summed E-state index contributed by atoms with van der Waals surface area (Å²) in [7, 11) is 0. The van der Waals surface area contributed by atoms with Gasteiger partial charge in [-0.2, -0.15) is 0 Å². The Hall–Kier alpha value is -3.88. The average Bonchev–Trinajstić information content (AvgIpc) is 3.08. The van der Waals surface area contributed by atoms with Crippen molar-refractivity contribution < 1.29 is 4.79 Å². The minimum Gasteiger partial charge on any atom is -0.326 e. The number of nitrogens with one attached hydrogen (secondary N) is 1. The lowest BCUT2D eigenvalue weighted by atomic mass is 10.1. The van der Waals surface area contributed by atoms with Gasteiger partial charge in [-0.05, 0) is 43.5 Å². The van der Waals surface area contributed by atoms with Crippen LogP contribution in [-0.4, -0.2) is 35.7 Å². The SMILES string of the molecule is Cc1ccc(-c2nnc3n2CCCCC3)cc1NC(=O)CCn1nnc2ccccc2c1=O. The summed E-state index contributed by atoms with van der Waals surface area (Å²) in [4.78, 5) is 25.3. The zero-order chi connectivity index (χ0) is 22.8. The molecule has 1 aliphatic heterocycles. The third kappa shape index (κ3) is 4.26. The Bertz CT molecular complexity index is 1390. The summed E-state index contributed by atoms with van der Waals surface area (Å²) < 4.78 is 3.42. The monoisotopic (exact) mass is 443 g/mol. The summed E-state index contributed by atoms with van der Waals surface area (Å²) in [6.07, 6.45) is 4.50. The summed E-state index contributed by atoms with van der Waals surface area (Å²) in [5, 5.41) is 20.3. The number of nitrogens with zero attached hydrogens (tertiary/aromatic N) is 6. The van der Waals surface area contributed by atoms with Gasteiger partial charge in [0.05, 0.1) is 11.9 Å². The van der Waals surface area contributed by atoms with Crippen LogP contribution in [0.3, 0.4) is 0 Å². The zero-order valence-corrected chi connectivity index (χ0v) is 18.5. The van der Waals surface area contributed by atoms with Crippen molar-refractivity contribution in [2.45, 2.75) is 52.1 Å². The van der Waals surface area contributed by atoms with Gasteiger partial charge in [0.2, 0.25) is 5.91 Å². The first-order valence-electron chi connectivity index (χ1n) is 11.3. The molecule has 168 valence electrons. The van der Waals surface area contributed by atoms with Gasteiger partial charge in [0.1, 0.15) is 11.3 Å². The fourth-order valence-corrected chi connectivity index (χ4v) is 4.18. The van der Waals surface area contributed by atoms with Crippen molar-refractivity contribution in [1.82, 2.24) is 29.8 Å². The van der Waals surface area contributed by atoms with Gasteiger partial charge < -0.3 is 9.88 Å². The highest BCUT2D eigenvalue weighted by atomic mass is 16.2. The number of amides is 1. The first-order chi connectivity index (χ1) is 16.1. The number of benzene rings is 2. The Kier molecular flexibility index (Phi) is 5.68. The first-order valence-corrected chi connectivity index (χ1v) is 11.3. The van der Waals surface area contributed by atoms with E-state index in [1.807, 2.05) is 31.2 Å². The van der Waals surface area contributed by atoms with Crippen molar-refractivity contribution in [1.29, 1.82) is 0 Å². The zero-order valence-electron chi connectivity index (χ0n) is 18.5. The predicted molar refractivity (Wildman–Crippen MR) is 125 cm³/mol. The van der Waals surface area contributed by atoms with Gasteiger partial charge in [0.25, 0.3) is 5.56 Å². The molecule has 9 nitrogen and oxygen atoms in total. The average molecular weight is 444 g/mol. The van der Waals surface area contributed by atoms with Gasteiger partial charge in [0.15, 0.2) is 5.82 Å². The van der Waals surface area contributed by atoms with Gasteiger partial charge in [-0.15, -0.1) is 15.3 Å². The summed E-state index contributed by atoms with van der Waals surface area (Å²) in [6, 6.07) is 13.0.